The van der Waals surface area contributed by atoms with E-state index in [1.807, 2.05) is 11.8 Å². The molecule has 2 aliphatic rings. The van der Waals surface area contributed by atoms with Crippen LogP contribution in [-0.4, -0.2) is 41.6 Å². The zero-order valence-corrected chi connectivity index (χ0v) is 10.5. The van der Waals surface area contributed by atoms with Crippen molar-refractivity contribution in [1.82, 2.24) is 10.2 Å². The van der Waals surface area contributed by atoms with Gasteiger partial charge in [-0.25, -0.2) is 0 Å². The van der Waals surface area contributed by atoms with E-state index in [4.69, 9.17) is 0 Å². The Morgan fingerprint density at radius 1 is 1.44 bits per heavy atom. The second kappa shape index (κ2) is 4.28. The quantitative estimate of drug-likeness (QED) is 0.781. The molecule has 0 saturated carbocycles. The minimum Gasteiger partial charge on any atom is -0.508 e. The number of hydrogen-bond donors (Lipinski definition) is 2. The van der Waals surface area contributed by atoms with Gasteiger partial charge in [-0.15, -0.1) is 0 Å². The summed E-state index contributed by atoms with van der Waals surface area (Å²) in [5, 5.41) is 13.0. The number of carbonyl (C=O) groups excluding carboxylic acids is 1. The van der Waals surface area contributed by atoms with Crippen molar-refractivity contribution in [2.75, 3.05) is 19.6 Å². The molecule has 2 heterocycles. The van der Waals surface area contributed by atoms with Crippen LogP contribution in [0.2, 0.25) is 0 Å². The molecule has 2 N–H and O–H groups in total. The van der Waals surface area contributed by atoms with E-state index in [0.717, 1.165) is 31.6 Å². The Kier molecular flexibility index (Phi) is 2.74. The molecule has 2 aliphatic heterocycles. The number of rotatable bonds is 1. The van der Waals surface area contributed by atoms with Gasteiger partial charge in [-0.05, 0) is 37.0 Å². The molecular weight excluding hydrogens is 228 g/mol. The standard InChI is InChI=1S/C14H18N2O2/c1-9-2-3-10(6-13(9)17)14(18)16-5-4-11-7-15-8-12(11)16/h2-3,6,11-12,15,17H,4-5,7-8H2,1H3/t11-,12+/m1/s1. The monoisotopic (exact) mass is 246 g/mol. The number of likely N-dealkylation sites (tertiary alicyclic amines) is 1. The lowest BCUT2D eigenvalue weighted by Crippen LogP contribution is -2.39. The number of benzene rings is 1. The highest BCUT2D eigenvalue weighted by Gasteiger charge is 2.40. The summed E-state index contributed by atoms with van der Waals surface area (Å²) >= 11 is 0. The number of hydrogen-bond acceptors (Lipinski definition) is 3. The van der Waals surface area contributed by atoms with Crippen LogP contribution in [-0.2, 0) is 0 Å². The molecule has 0 spiro atoms. The maximum Gasteiger partial charge on any atom is 0.254 e. The van der Waals surface area contributed by atoms with E-state index in [-0.39, 0.29) is 11.7 Å². The van der Waals surface area contributed by atoms with E-state index >= 15 is 0 Å². The van der Waals surface area contributed by atoms with Crippen LogP contribution in [0.1, 0.15) is 22.3 Å². The van der Waals surface area contributed by atoms with E-state index in [1.54, 1.807) is 18.2 Å². The molecule has 2 fully saturated rings. The summed E-state index contributed by atoms with van der Waals surface area (Å²) in [7, 11) is 0. The molecule has 4 heteroatoms. The van der Waals surface area contributed by atoms with Crippen LogP contribution in [0, 0.1) is 12.8 Å². The lowest BCUT2D eigenvalue weighted by atomic mass is 10.0. The van der Waals surface area contributed by atoms with Crippen LogP contribution in [0.25, 0.3) is 0 Å². The van der Waals surface area contributed by atoms with Crippen molar-refractivity contribution in [3.8, 4) is 5.75 Å². The number of carbonyl (C=O) groups is 1. The van der Waals surface area contributed by atoms with Crippen molar-refractivity contribution in [3.05, 3.63) is 29.3 Å². The number of nitrogens with zero attached hydrogens (tertiary/aromatic N) is 1. The topological polar surface area (TPSA) is 52.6 Å². The summed E-state index contributed by atoms with van der Waals surface area (Å²) in [6, 6.07) is 5.50. The fourth-order valence-corrected chi connectivity index (χ4v) is 3.01. The first-order valence-electron chi connectivity index (χ1n) is 6.48. The van der Waals surface area contributed by atoms with Crippen molar-refractivity contribution >= 4 is 5.91 Å². The second-order valence-electron chi connectivity index (χ2n) is 5.27. The highest BCUT2D eigenvalue weighted by Crippen LogP contribution is 2.29. The first kappa shape index (κ1) is 11.5. The molecule has 2 saturated heterocycles. The molecule has 1 aromatic rings. The highest BCUT2D eigenvalue weighted by atomic mass is 16.3. The lowest BCUT2D eigenvalue weighted by molar-refractivity contribution is 0.0736. The van der Waals surface area contributed by atoms with Gasteiger partial charge in [0.1, 0.15) is 5.75 Å². The molecule has 96 valence electrons. The SMILES string of the molecule is Cc1ccc(C(=O)N2CC[C@@H]3CNC[C@@H]32)cc1O. The second-order valence-corrected chi connectivity index (χ2v) is 5.27. The van der Waals surface area contributed by atoms with E-state index < -0.39 is 0 Å². The Bertz CT molecular complexity index is 487. The van der Waals surface area contributed by atoms with Crippen molar-refractivity contribution in [2.24, 2.45) is 5.92 Å². The van der Waals surface area contributed by atoms with Gasteiger partial charge in [0.25, 0.3) is 5.91 Å². The zero-order chi connectivity index (χ0) is 12.7. The Hall–Kier alpha value is -1.55. The van der Waals surface area contributed by atoms with Crippen LogP contribution in [0.15, 0.2) is 18.2 Å². The van der Waals surface area contributed by atoms with Crippen molar-refractivity contribution in [2.45, 2.75) is 19.4 Å². The third-order valence-electron chi connectivity index (χ3n) is 4.16. The van der Waals surface area contributed by atoms with E-state index in [0.29, 0.717) is 17.5 Å². The van der Waals surface area contributed by atoms with Crippen molar-refractivity contribution < 1.29 is 9.90 Å². The van der Waals surface area contributed by atoms with Crippen LogP contribution >= 0.6 is 0 Å². The first-order chi connectivity index (χ1) is 8.66. The molecule has 0 aliphatic carbocycles. The molecule has 3 rings (SSSR count). The summed E-state index contributed by atoms with van der Waals surface area (Å²) in [6.45, 7) is 4.59. The predicted octanol–water partition coefficient (Wildman–Crippen LogP) is 1.13. The van der Waals surface area contributed by atoms with Gasteiger partial charge >= 0.3 is 0 Å². The summed E-state index contributed by atoms with van der Waals surface area (Å²) in [5.74, 6) is 0.843. The molecule has 4 nitrogen and oxygen atoms in total. The molecular formula is C14H18N2O2. The molecule has 1 amide bonds. The number of phenols is 1. The third-order valence-corrected chi connectivity index (χ3v) is 4.16. The van der Waals surface area contributed by atoms with Crippen molar-refractivity contribution in [3.63, 3.8) is 0 Å². The largest absolute Gasteiger partial charge is 0.508 e. The Morgan fingerprint density at radius 2 is 2.28 bits per heavy atom. The van der Waals surface area contributed by atoms with Crippen LogP contribution in [0.3, 0.4) is 0 Å². The highest BCUT2D eigenvalue weighted by molar-refractivity contribution is 5.95. The van der Waals surface area contributed by atoms with Gasteiger partial charge in [0.2, 0.25) is 0 Å². The number of phenolic OH excluding ortho intramolecular Hbond substituents is 1. The number of aryl methyl sites for hydroxylation is 1. The van der Waals surface area contributed by atoms with Gasteiger partial charge in [-0.1, -0.05) is 6.07 Å². The number of nitrogens with one attached hydrogen (secondary N) is 1. The summed E-state index contributed by atoms with van der Waals surface area (Å²) < 4.78 is 0. The Morgan fingerprint density at radius 3 is 3.06 bits per heavy atom. The van der Waals surface area contributed by atoms with Crippen molar-refractivity contribution in [1.29, 1.82) is 0 Å². The fourth-order valence-electron chi connectivity index (χ4n) is 3.01. The average Bonchev–Trinajstić information content (AvgIpc) is 2.93. The number of aromatic hydroxyl groups is 1. The van der Waals surface area contributed by atoms with Gasteiger partial charge in [-0.3, -0.25) is 4.79 Å². The van der Waals surface area contributed by atoms with Gasteiger partial charge in [-0.2, -0.15) is 0 Å². The van der Waals surface area contributed by atoms with E-state index in [9.17, 15) is 9.90 Å². The summed E-state index contributed by atoms with van der Waals surface area (Å²) in [4.78, 5) is 14.4. The van der Waals surface area contributed by atoms with Crippen LogP contribution < -0.4 is 5.32 Å². The lowest BCUT2D eigenvalue weighted by Gasteiger charge is -2.23. The first-order valence-corrected chi connectivity index (χ1v) is 6.48. The summed E-state index contributed by atoms with van der Waals surface area (Å²) in [6.07, 6.45) is 1.08. The molecule has 0 aromatic heterocycles. The Balaban J connectivity index is 1.84. The summed E-state index contributed by atoms with van der Waals surface area (Å²) in [5.41, 5.74) is 1.39. The van der Waals surface area contributed by atoms with E-state index in [2.05, 4.69) is 5.32 Å². The molecule has 0 unspecified atom stereocenters. The average molecular weight is 246 g/mol. The molecule has 1 aromatic carbocycles. The minimum atomic E-state index is 0.0431. The maximum atomic E-state index is 12.4. The molecule has 0 radical (unpaired) electrons. The molecule has 2 atom stereocenters. The molecule has 0 bridgehead atoms. The van der Waals surface area contributed by atoms with Crippen LogP contribution in [0.5, 0.6) is 5.75 Å². The van der Waals surface area contributed by atoms with Crippen LogP contribution in [0.4, 0.5) is 0 Å². The third kappa shape index (κ3) is 1.77. The van der Waals surface area contributed by atoms with Gasteiger partial charge < -0.3 is 15.3 Å². The smallest absolute Gasteiger partial charge is 0.254 e. The van der Waals surface area contributed by atoms with Gasteiger partial charge in [0.15, 0.2) is 0 Å². The zero-order valence-electron chi connectivity index (χ0n) is 10.5. The van der Waals surface area contributed by atoms with E-state index in [1.165, 1.54) is 0 Å². The molecule has 18 heavy (non-hydrogen) atoms. The van der Waals surface area contributed by atoms with Gasteiger partial charge in [0.05, 0.1) is 0 Å². The van der Waals surface area contributed by atoms with Gasteiger partial charge in [0, 0.05) is 31.2 Å². The number of fused-ring (bicyclic) bond motifs is 1. The normalized spacial score (nSPS) is 26.4. The number of amides is 1. The minimum absolute atomic E-state index is 0.0431. The Labute approximate surface area is 107 Å². The fraction of sp³-hybridized carbons (Fsp3) is 0.500. The predicted molar refractivity (Wildman–Crippen MR) is 68.6 cm³/mol. The maximum absolute atomic E-state index is 12.4.